The standard InChI is InChI=1S/C15H20N4O5/c1-6(2)13(22)18-15-17-12-7(14(23)19-15)3-8(16-12)10-4-9(21)11(5-20)24-10/h3,6,9-11,20-21H,4-5H2,1-2H3,(H3,16,17,18,19,22,23)/t9-,10-,11+/m0/s1. The van der Waals surface area contributed by atoms with Crippen molar-refractivity contribution >= 4 is 22.9 Å². The number of carbonyl (C=O) groups excluding carboxylic acids is 1. The quantitative estimate of drug-likeness (QED) is 0.533. The Morgan fingerprint density at radius 1 is 1.50 bits per heavy atom. The Morgan fingerprint density at radius 2 is 2.25 bits per heavy atom. The maximum Gasteiger partial charge on any atom is 0.261 e. The lowest BCUT2D eigenvalue weighted by molar-refractivity contribution is -0.118. The normalized spacial score (nSPS) is 24.0. The van der Waals surface area contributed by atoms with E-state index in [9.17, 15) is 14.7 Å². The molecule has 5 N–H and O–H groups in total. The summed E-state index contributed by atoms with van der Waals surface area (Å²) in [5, 5.41) is 21.8. The number of hydrogen-bond acceptors (Lipinski definition) is 6. The number of aromatic amines is 2. The van der Waals surface area contributed by atoms with Gasteiger partial charge in [0.2, 0.25) is 11.9 Å². The number of hydrogen-bond donors (Lipinski definition) is 5. The number of fused-ring (bicyclic) bond motifs is 1. The van der Waals surface area contributed by atoms with E-state index in [1.165, 1.54) is 0 Å². The van der Waals surface area contributed by atoms with E-state index in [2.05, 4.69) is 20.3 Å². The Morgan fingerprint density at radius 3 is 2.88 bits per heavy atom. The Balaban J connectivity index is 1.90. The van der Waals surface area contributed by atoms with Gasteiger partial charge in [0.25, 0.3) is 5.56 Å². The van der Waals surface area contributed by atoms with Crippen LogP contribution >= 0.6 is 0 Å². The highest BCUT2D eigenvalue weighted by atomic mass is 16.5. The average Bonchev–Trinajstić information content (AvgIpc) is 3.10. The molecule has 0 unspecified atom stereocenters. The van der Waals surface area contributed by atoms with E-state index in [1.54, 1.807) is 19.9 Å². The monoisotopic (exact) mass is 336 g/mol. The summed E-state index contributed by atoms with van der Waals surface area (Å²) >= 11 is 0. The Labute approximate surface area is 137 Å². The van der Waals surface area contributed by atoms with Gasteiger partial charge in [-0.25, -0.2) is 0 Å². The van der Waals surface area contributed by atoms with Crippen molar-refractivity contribution < 1.29 is 19.7 Å². The summed E-state index contributed by atoms with van der Waals surface area (Å²) in [4.78, 5) is 33.6. The summed E-state index contributed by atoms with van der Waals surface area (Å²) < 4.78 is 5.56. The lowest BCUT2D eigenvalue weighted by Crippen LogP contribution is -2.24. The number of ether oxygens (including phenoxy) is 1. The molecule has 0 saturated carbocycles. The fourth-order valence-electron chi connectivity index (χ4n) is 2.63. The van der Waals surface area contributed by atoms with Crippen LogP contribution < -0.4 is 10.9 Å². The van der Waals surface area contributed by atoms with Crippen LogP contribution in [-0.2, 0) is 9.53 Å². The lowest BCUT2D eigenvalue weighted by atomic mass is 10.1. The second-order valence-electron chi connectivity index (χ2n) is 6.19. The molecule has 1 fully saturated rings. The Bertz CT molecular complexity index is 812. The molecule has 1 saturated heterocycles. The molecule has 3 rings (SSSR count). The minimum Gasteiger partial charge on any atom is -0.394 e. The number of aromatic nitrogens is 3. The number of carbonyl (C=O) groups is 1. The summed E-state index contributed by atoms with van der Waals surface area (Å²) in [5.41, 5.74) is 0.516. The van der Waals surface area contributed by atoms with E-state index in [0.29, 0.717) is 23.1 Å². The molecule has 130 valence electrons. The van der Waals surface area contributed by atoms with Crippen LogP contribution in [0.2, 0.25) is 0 Å². The second-order valence-corrected chi connectivity index (χ2v) is 6.19. The summed E-state index contributed by atoms with van der Waals surface area (Å²) in [5.74, 6) is -0.425. The van der Waals surface area contributed by atoms with Crippen LogP contribution in [0, 0.1) is 5.92 Å². The fraction of sp³-hybridized carbons (Fsp3) is 0.533. The number of H-pyrrole nitrogens is 2. The minimum absolute atomic E-state index is 0.0696. The van der Waals surface area contributed by atoms with Gasteiger partial charge in [0, 0.05) is 18.0 Å². The first kappa shape index (κ1) is 16.6. The number of anilines is 1. The van der Waals surface area contributed by atoms with Crippen LogP contribution in [0.5, 0.6) is 0 Å². The topological polar surface area (TPSA) is 140 Å². The molecule has 0 aliphatic carbocycles. The largest absolute Gasteiger partial charge is 0.394 e. The SMILES string of the molecule is CC(C)C(=O)Nc1nc2[nH]c([C@@H]3C[C@H](O)[C@@H](CO)O3)cc2c(=O)[nH]1. The molecule has 1 aliphatic heterocycles. The van der Waals surface area contributed by atoms with Crippen LogP contribution in [0.15, 0.2) is 10.9 Å². The van der Waals surface area contributed by atoms with Crippen LogP contribution in [0.3, 0.4) is 0 Å². The third-order valence-corrected chi connectivity index (χ3v) is 4.03. The van der Waals surface area contributed by atoms with Gasteiger partial charge in [-0.15, -0.1) is 0 Å². The van der Waals surface area contributed by atoms with Crippen molar-refractivity contribution in [3.63, 3.8) is 0 Å². The van der Waals surface area contributed by atoms with Gasteiger partial charge in [0.05, 0.1) is 18.1 Å². The smallest absolute Gasteiger partial charge is 0.261 e. The van der Waals surface area contributed by atoms with Gasteiger partial charge >= 0.3 is 0 Å². The second kappa shape index (κ2) is 6.34. The van der Waals surface area contributed by atoms with Crippen LogP contribution in [0.4, 0.5) is 5.95 Å². The van der Waals surface area contributed by atoms with Crippen LogP contribution in [-0.4, -0.2) is 49.9 Å². The number of amides is 1. The fourth-order valence-corrected chi connectivity index (χ4v) is 2.63. The van der Waals surface area contributed by atoms with Crippen molar-refractivity contribution in [3.05, 3.63) is 22.1 Å². The molecule has 1 amide bonds. The zero-order valence-electron chi connectivity index (χ0n) is 13.4. The maximum absolute atomic E-state index is 12.2. The average molecular weight is 336 g/mol. The van der Waals surface area contributed by atoms with Crippen molar-refractivity contribution in [2.45, 2.75) is 38.6 Å². The molecule has 0 aromatic carbocycles. The predicted molar refractivity (Wildman–Crippen MR) is 85.5 cm³/mol. The zero-order valence-corrected chi connectivity index (χ0v) is 13.4. The van der Waals surface area contributed by atoms with Gasteiger partial charge < -0.3 is 19.9 Å². The van der Waals surface area contributed by atoms with Gasteiger partial charge in [-0.1, -0.05) is 13.8 Å². The summed E-state index contributed by atoms with van der Waals surface area (Å²) in [6.45, 7) is 3.19. The van der Waals surface area contributed by atoms with Gasteiger partial charge in [-0.05, 0) is 6.07 Å². The molecule has 1 aliphatic rings. The van der Waals surface area contributed by atoms with Gasteiger partial charge in [0.15, 0.2) is 0 Å². The predicted octanol–water partition coefficient (Wildman–Crippen LogP) is 0.0289. The van der Waals surface area contributed by atoms with Crippen molar-refractivity contribution in [3.8, 4) is 0 Å². The number of rotatable bonds is 4. The van der Waals surface area contributed by atoms with Crippen molar-refractivity contribution in [1.82, 2.24) is 15.0 Å². The molecule has 0 radical (unpaired) electrons. The van der Waals surface area contributed by atoms with E-state index < -0.39 is 18.3 Å². The Hall–Kier alpha value is -2.23. The van der Waals surface area contributed by atoms with Crippen molar-refractivity contribution in [2.75, 3.05) is 11.9 Å². The zero-order chi connectivity index (χ0) is 17.4. The summed E-state index contributed by atoms with van der Waals surface area (Å²) in [6, 6.07) is 1.60. The molecule has 2 aromatic rings. The Kier molecular flexibility index (Phi) is 4.39. The van der Waals surface area contributed by atoms with Gasteiger partial charge in [-0.3, -0.25) is 19.9 Å². The first-order valence-corrected chi connectivity index (χ1v) is 7.77. The molecule has 3 heterocycles. The van der Waals surface area contributed by atoms with E-state index in [0.717, 1.165) is 0 Å². The highest BCUT2D eigenvalue weighted by Gasteiger charge is 2.35. The van der Waals surface area contributed by atoms with Crippen LogP contribution in [0.25, 0.3) is 11.0 Å². The molecule has 24 heavy (non-hydrogen) atoms. The lowest BCUT2D eigenvalue weighted by Gasteiger charge is -2.10. The number of aliphatic hydroxyl groups is 2. The highest BCUT2D eigenvalue weighted by molar-refractivity contribution is 5.91. The van der Waals surface area contributed by atoms with E-state index in [4.69, 9.17) is 9.84 Å². The van der Waals surface area contributed by atoms with Crippen LogP contribution in [0.1, 0.15) is 32.1 Å². The molecule has 2 aromatic heterocycles. The molecule has 0 bridgehead atoms. The number of nitrogens with zero attached hydrogens (tertiary/aromatic N) is 1. The van der Waals surface area contributed by atoms with E-state index >= 15 is 0 Å². The first-order chi connectivity index (χ1) is 11.4. The summed E-state index contributed by atoms with van der Waals surface area (Å²) in [7, 11) is 0. The first-order valence-electron chi connectivity index (χ1n) is 7.77. The molecule has 9 nitrogen and oxygen atoms in total. The molecule has 3 atom stereocenters. The van der Waals surface area contributed by atoms with Gasteiger partial charge in [-0.2, -0.15) is 4.98 Å². The van der Waals surface area contributed by atoms with Crippen molar-refractivity contribution in [2.24, 2.45) is 5.92 Å². The molecular weight excluding hydrogens is 316 g/mol. The number of aliphatic hydroxyl groups excluding tert-OH is 2. The van der Waals surface area contributed by atoms with E-state index in [-0.39, 0.29) is 29.9 Å². The van der Waals surface area contributed by atoms with Gasteiger partial charge in [0.1, 0.15) is 17.9 Å². The third kappa shape index (κ3) is 3.05. The maximum atomic E-state index is 12.2. The minimum atomic E-state index is -0.765. The third-order valence-electron chi connectivity index (χ3n) is 4.03. The molecule has 9 heteroatoms. The molecule has 0 spiro atoms. The molecular formula is C15H20N4O5. The highest BCUT2D eigenvalue weighted by Crippen LogP contribution is 2.33. The van der Waals surface area contributed by atoms with Crippen molar-refractivity contribution in [1.29, 1.82) is 0 Å². The van der Waals surface area contributed by atoms with E-state index in [1.807, 2.05) is 0 Å². The number of nitrogens with one attached hydrogen (secondary N) is 3. The summed E-state index contributed by atoms with van der Waals surface area (Å²) in [6.07, 6.45) is -1.56.